The van der Waals surface area contributed by atoms with E-state index in [4.69, 9.17) is 4.42 Å². The second kappa shape index (κ2) is 7.78. The third-order valence-electron chi connectivity index (χ3n) is 4.31. The van der Waals surface area contributed by atoms with E-state index >= 15 is 0 Å². The Morgan fingerprint density at radius 1 is 1.18 bits per heavy atom. The maximum atomic E-state index is 12.5. The molecule has 140 valence electrons. The van der Waals surface area contributed by atoms with Crippen LogP contribution in [0.5, 0.6) is 0 Å². The number of nitrogens with one attached hydrogen (secondary N) is 2. The van der Waals surface area contributed by atoms with Crippen LogP contribution in [0.15, 0.2) is 75.1 Å². The van der Waals surface area contributed by atoms with Gasteiger partial charge in [-0.25, -0.2) is 0 Å². The summed E-state index contributed by atoms with van der Waals surface area (Å²) in [5.74, 6) is 0.284. The summed E-state index contributed by atoms with van der Waals surface area (Å²) in [6.07, 6.45) is 3.43. The van der Waals surface area contributed by atoms with Crippen LogP contribution in [0.1, 0.15) is 27.2 Å². The molecule has 0 fully saturated rings. The first-order valence-corrected chi connectivity index (χ1v) is 9.62. The number of furan rings is 1. The predicted octanol–water partition coefficient (Wildman–Crippen LogP) is 4.60. The Kier molecular flexibility index (Phi) is 5.04. The Hall–Kier alpha value is -3.25. The number of aryl methyl sites for hydroxylation is 1. The minimum atomic E-state index is -0.223. The molecule has 2 aromatic carbocycles. The third-order valence-corrected chi connectivity index (χ3v) is 5.41. The maximum Gasteiger partial charge on any atom is 0.262 e. The highest BCUT2D eigenvalue weighted by Gasteiger charge is 2.22. The predicted molar refractivity (Wildman–Crippen MR) is 110 cm³/mol. The normalized spacial score (nSPS) is 14.5. The van der Waals surface area contributed by atoms with Gasteiger partial charge in [0.25, 0.3) is 11.8 Å². The van der Waals surface area contributed by atoms with Crippen molar-refractivity contribution >= 4 is 35.3 Å². The first kappa shape index (κ1) is 18.1. The molecular formula is C22H18N2O3S. The zero-order chi connectivity index (χ0) is 19.5. The number of amides is 2. The maximum absolute atomic E-state index is 12.5. The molecule has 0 spiro atoms. The zero-order valence-corrected chi connectivity index (χ0v) is 16.0. The molecule has 0 saturated heterocycles. The van der Waals surface area contributed by atoms with Gasteiger partial charge in [0.2, 0.25) is 0 Å². The molecule has 0 aliphatic carbocycles. The lowest BCUT2D eigenvalue weighted by atomic mass is 10.1. The number of rotatable bonds is 4. The number of hydrogen-bond acceptors (Lipinski definition) is 4. The fourth-order valence-corrected chi connectivity index (χ4v) is 3.73. The number of thioether (sulfide) groups is 1. The fraction of sp³-hybridized carbons (Fsp3) is 0.0909. The van der Waals surface area contributed by atoms with Crippen molar-refractivity contribution in [3.8, 4) is 0 Å². The average molecular weight is 390 g/mol. The summed E-state index contributed by atoms with van der Waals surface area (Å²) in [5, 5.41) is 5.68. The smallest absolute Gasteiger partial charge is 0.262 e. The first-order chi connectivity index (χ1) is 13.6. The van der Waals surface area contributed by atoms with E-state index in [0.717, 1.165) is 10.5 Å². The van der Waals surface area contributed by atoms with Crippen LogP contribution in [0.3, 0.4) is 0 Å². The summed E-state index contributed by atoms with van der Waals surface area (Å²) in [6.45, 7) is 2.34. The Morgan fingerprint density at radius 2 is 2.00 bits per heavy atom. The molecule has 6 heteroatoms. The van der Waals surface area contributed by atoms with Crippen molar-refractivity contribution in [1.29, 1.82) is 0 Å². The highest BCUT2D eigenvalue weighted by molar-refractivity contribution is 8.04. The van der Waals surface area contributed by atoms with E-state index in [2.05, 4.69) is 10.6 Å². The monoisotopic (exact) mass is 390 g/mol. The number of anilines is 1. The second-order valence-corrected chi connectivity index (χ2v) is 7.53. The molecule has 4 rings (SSSR count). The lowest BCUT2D eigenvalue weighted by Crippen LogP contribution is -2.23. The van der Waals surface area contributed by atoms with Crippen LogP contribution in [0.25, 0.3) is 6.08 Å². The van der Waals surface area contributed by atoms with Crippen molar-refractivity contribution in [3.05, 3.63) is 88.2 Å². The van der Waals surface area contributed by atoms with E-state index in [1.165, 1.54) is 17.3 Å². The summed E-state index contributed by atoms with van der Waals surface area (Å²) in [5.41, 5.74) is 3.27. The van der Waals surface area contributed by atoms with Gasteiger partial charge >= 0.3 is 0 Å². The van der Waals surface area contributed by atoms with E-state index in [0.29, 0.717) is 28.5 Å². The van der Waals surface area contributed by atoms with Crippen LogP contribution in [0.2, 0.25) is 0 Å². The number of benzene rings is 2. The molecule has 2 amide bonds. The quantitative estimate of drug-likeness (QED) is 0.639. The molecule has 3 aromatic rings. The molecule has 0 unspecified atom stereocenters. The van der Waals surface area contributed by atoms with Gasteiger partial charge in [0, 0.05) is 10.5 Å². The third kappa shape index (κ3) is 4.02. The van der Waals surface area contributed by atoms with Crippen LogP contribution >= 0.6 is 11.8 Å². The van der Waals surface area contributed by atoms with Crippen molar-refractivity contribution < 1.29 is 14.0 Å². The molecule has 0 saturated carbocycles. The van der Waals surface area contributed by atoms with Crippen LogP contribution in [0.4, 0.5) is 5.69 Å². The van der Waals surface area contributed by atoms with Crippen molar-refractivity contribution in [3.63, 3.8) is 0 Å². The summed E-state index contributed by atoms with van der Waals surface area (Å²) < 4.78 is 5.21. The minimum absolute atomic E-state index is 0.175. The van der Waals surface area contributed by atoms with E-state index in [9.17, 15) is 9.59 Å². The van der Waals surface area contributed by atoms with Gasteiger partial charge in [0.05, 0.1) is 23.4 Å². The Labute approximate surface area is 166 Å². The molecule has 28 heavy (non-hydrogen) atoms. The SMILES string of the molecule is Cc1ccc(C=C2Sc3ccc(C(=O)NCc4ccco4)cc3NC2=O)cc1. The summed E-state index contributed by atoms with van der Waals surface area (Å²) >= 11 is 1.40. The van der Waals surface area contributed by atoms with Gasteiger partial charge in [-0.1, -0.05) is 41.6 Å². The standard InChI is InChI=1S/C22H18N2O3S/c1-14-4-6-15(7-5-14)11-20-22(26)24-18-12-16(8-9-19(18)28-20)21(25)23-13-17-3-2-10-27-17/h2-12H,13H2,1H3,(H,23,25)(H,24,26). The van der Waals surface area contributed by atoms with Gasteiger partial charge in [0.1, 0.15) is 5.76 Å². The van der Waals surface area contributed by atoms with Crippen molar-refractivity contribution in [1.82, 2.24) is 5.32 Å². The van der Waals surface area contributed by atoms with Crippen LogP contribution in [0, 0.1) is 6.92 Å². The van der Waals surface area contributed by atoms with Gasteiger partial charge in [-0.2, -0.15) is 0 Å². The molecule has 5 nitrogen and oxygen atoms in total. The van der Waals surface area contributed by atoms with Gasteiger partial charge in [-0.3, -0.25) is 9.59 Å². The first-order valence-electron chi connectivity index (χ1n) is 8.81. The van der Waals surface area contributed by atoms with Gasteiger partial charge in [0.15, 0.2) is 0 Å². The highest BCUT2D eigenvalue weighted by atomic mass is 32.2. The average Bonchev–Trinajstić information content (AvgIpc) is 3.21. The van der Waals surface area contributed by atoms with Crippen molar-refractivity contribution in [2.24, 2.45) is 0 Å². The van der Waals surface area contributed by atoms with Gasteiger partial charge < -0.3 is 15.1 Å². The molecular weight excluding hydrogens is 372 g/mol. The lowest BCUT2D eigenvalue weighted by Gasteiger charge is -2.19. The fourth-order valence-electron chi connectivity index (χ4n) is 2.80. The number of hydrogen-bond donors (Lipinski definition) is 2. The molecule has 1 aromatic heterocycles. The largest absolute Gasteiger partial charge is 0.467 e. The Morgan fingerprint density at radius 3 is 2.75 bits per heavy atom. The van der Waals surface area contributed by atoms with Gasteiger partial charge in [-0.15, -0.1) is 0 Å². The number of fused-ring (bicyclic) bond motifs is 1. The minimum Gasteiger partial charge on any atom is -0.467 e. The highest BCUT2D eigenvalue weighted by Crippen LogP contribution is 2.39. The zero-order valence-electron chi connectivity index (χ0n) is 15.2. The van der Waals surface area contributed by atoms with Crippen molar-refractivity contribution in [2.75, 3.05) is 5.32 Å². The molecule has 1 aliphatic heterocycles. The molecule has 1 aliphatic rings. The Balaban J connectivity index is 1.50. The molecule has 2 heterocycles. The summed E-state index contributed by atoms with van der Waals surface area (Å²) in [4.78, 5) is 26.4. The molecule has 2 N–H and O–H groups in total. The van der Waals surface area contributed by atoms with E-state index in [1.54, 1.807) is 30.5 Å². The number of carbonyl (C=O) groups is 2. The summed E-state index contributed by atoms with van der Waals surface area (Å²) in [7, 11) is 0. The second-order valence-electron chi connectivity index (χ2n) is 6.45. The topological polar surface area (TPSA) is 71.3 Å². The van der Waals surface area contributed by atoms with Crippen LogP contribution in [-0.4, -0.2) is 11.8 Å². The lowest BCUT2D eigenvalue weighted by molar-refractivity contribution is -0.112. The van der Waals surface area contributed by atoms with E-state index in [1.807, 2.05) is 43.3 Å². The van der Waals surface area contributed by atoms with E-state index in [-0.39, 0.29) is 11.8 Å². The molecule has 0 radical (unpaired) electrons. The van der Waals surface area contributed by atoms with Gasteiger partial charge in [-0.05, 0) is 48.9 Å². The van der Waals surface area contributed by atoms with Crippen LogP contribution in [-0.2, 0) is 11.3 Å². The van der Waals surface area contributed by atoms with Crippen molar-refractivity contribution in [2.45, 2.75) is 18.4 Å². The number of carbonyl (C=O) groups excluding carboxylic acids is 2. The van der Waals surface area contributed by atoms with Crippen LogP contribution < -0.4 is 10.6 Å². The Bertz CT molecular complexity index is 1050. The van der Waals surface area contributed by atoms with E-state index < -0.39 is 0 Å². The molecule has 0 bridgehead atoms. The molecule has 0 atom stereocenters. The summed E-state index contributed by atoms with van der Waals surface area (Å²) in [6, 6.07) is 16.9.